The first-order valence-electron chi connectivity index (χ1n) is 5.94. The van der Waals surface area contributed by atoms with Gasteiger partial charge in [0.2, 0.25) is 5.91 Å². The van der Waals surface area contributed by atoms with E-state index in [1.165, 1.54) is 3.57 Å². The van der Waals surface area contributed by atoms with E-state index in [0.29, 0.717) is 0 Å². The first-order valence-corrected chi connectivity index (χ1v) is 7.02. The average molecular weight is 344 g/mol. The van der Waals surface area contributed by atoms with Crippen LogP contribution < -0.4 is 10.6 Å². The van der Waals surface area contributed by atoms with E-state index in [1.807, 2.05) is 19.1 Å². The quantitative estimate of drug-likeness (QED) is 0.810. The normalized spacial score (nSPS) is 20.0. The van der Waals surface area contributed by atoms with Gasteiger partial charge >= 0.3 is 0 Å². The van der Waals surface area contributed by atoms with E-state index < -0.39 is 0 Å². The van der Waals surface area contributed by atoms with Crippen molar-refractivity contribution in [3.8, 4) is 0 Å². The average Bonchev–Trinajstić information content (AvgIpc) is 2.34. The Hall–Kier alpha value is -0.620. The molecule has 0 saturated carbocycles. The molecule has 3 nitrogen and oxygen atoms in total. The molecule has 0 bridgehead atoms. The van der Waals surface area contributed by atoms with Gasteiger partial charge in [0.15, 0.2) is 0 Å². The predicted octanol–water partition coefficient (Wildman–Crippen LogP) is 2.54. The molecular weight excluding hydrogens is 327 g/mol. The molecule has 1 fully saturated rings. The van der Waals surface area contributed by atoms with Crippen molar-refractivity contribution < 1.29 is 4.79 Å². The van der Waals surface area contributed by atoms with Crippen LogP contribution in [0.4, 0.5) is 5.69 Å². The van der Waals surface area contributed by atoms with Crippen LogP contribution in [0.1, 0.15) is 18.4 Å². The molecule has 0 aliphatic carbocycles. The number of anilines is 1. The Morgan fingerprint density at radius 2 is 2.35 bits per heavy atom. The molecule has 4 heteroatoms. The fourth-order valence-corrected chi connectivity index (χ4v) is 2.72. The summed E-state index contributed by atoms with van der Waals surface area (Å²) in [5.41, 5.74) is 2.05. The number of carbonyl (C=O) groups excluding carboxylic acids is 1. The maximum atomic E-state index is 12.1. The Morgan fingerprint density at radius 1 is 1.53 bits per heavy atom. The van der Waals surface area contributed by atoms with Crippen molar-refractivity contribution in [2.45, 2.75) is 19.8 Å². The standard InChI is InChI=1S/C13H17IN2O/c1-9-7-11(14)4-5-12(9)16-13(17)10-3-2-6-15-8-10/h4-5,7,10,15H,2-3,6,8H2,1H3,(H,16,17)/t10-/m0/s1. The molecule has 1 atom stereocenters. The molecule has 2 rings (SSSR count). The first-order chi connectivity index (χ1) is 8.16. The number of nitrogens with one attached hydrogen (secondary N) is 2. The summed E-state index contributed by atoms with van der Waals surface area (Å²) in [5.74, 6) is 0.254. The lowest BCUT2D eigenvalue weighted by molar-refractivity contribution is -0.120. The van der Waals surface area contributed by atoms with E-state index >= 15 is 0 Å². The second-order valence-electron chi connectivity index (χ2n) is 4.49. The molecule has 1 amide bonds. The molecule has 1 heterocycles. The summed E-state index contributed by atoms with van der Waals surface area (Å²) >= 11 is 2.28. The third-order valence-electron chi connectivity index (χ3n) is 3.11. The highest BCUT2D eigenvalue weighted by atomic mass is 127. The summed E-state index contributed by atoms with van der Waals surface area (Å²) in [4.78, 5) is 12.1. The van der Waals surface area contributed by atoms with Gasteiger partial charge in [0.1, 0.15) is 0 Å². The fraction of sp³-hybridized carbons (Fsp3) is 0.462. The van der Waals surface area contributed by atoms with Gasteiger partial charge in [-0.3, -0.25) is 4.79 Å². The summed E-state index contributed by atoms with van der Waals surface area (Å²) in [5, 5.41) is 6.29. The number of rotatable bonds is 2. The molecule has 0 aromatic heterocycles. The number of amides is 1. The maximum Gasteiger partial charge on any atom is 0.228 e. The smallest absolute Gasteiger partial charge is 0.228 e. The van der Waals surface area contributed by atoms with E-state index in [2.05, 4.69) is 39.3 Å². The van der Waals surface area contributed by atoms with Gasteiger partial charge in [-0.1, -0.05) is 0 Å². The second-order valence-corrected chi connectivity index (χ2v) is 5.74. The Kier molecular flexibility index (Phi) is 4.39. The van der Waals surface area contributed by atoms with Gasteiger partial charge in [0, 0.05) is 15.8 Å². The van der Waals surface area contributed by atoms with Crippen LogP contribution in [0.25, 0.3) is 0 Å². The fourth-order valence-electron chi connectivity index (χ4n) is 2.08. The third-order valence-corrected chi connectivity index (χ3v) is 3.78. The number of benzene rings is 1. The van der Waals surface area contributed by atoms with Crippen LogP contribution in [-0.2, 0) is 4.79 Å². The molecule has 1 aromatic rings. The Bertz CT molecular complexity index is 414. The monoisotopic (exact) mass is 344 g/mol. The minimum atomic E-state index is 0.113. The van der Waals surface area contributed by atoms with E-state index in [9.17, 15) is 4.79 Å². The Morgan fingerprint density at radius 3 is 3.00 bits per heavy atom. The summed E-state index contributed by atoms with van der Waals surface area (Å²) in [7, 11) is 0. The highest BCUT2D eigenvalue weighted by Gasteiger charge is 2.21. The summed E-state index contributed by atoms with van der Waals surface area (Å²) in [6, 6.07) is 6.07. The molecule has 0 radical (unpaired) electrons. The number of piperidine rings is 1. The molecule has 17 heavy (non-hydrogen) atoms. The lowest BCUT2D eigenvalue weighted by Crippen LogP contribution is -2.37. The van der Waals surface area contributed by atoms with Crippen molar-refractivity contribution in [1.82, 2.24) is 5.32 Å². The summed E-state index contributed by atoms with van der Waals surface area (Å²) in [6.07, 6.45) is 2.08. The minimum absolute atomic E-state index is 0.113. The van der Waals surface area contributed by atoms with Crippen molar-refractivity contribution in [2.24, 2.45) is 5.92 Å². The van der Waals surface area contributed by atoms with Crippen LogP contribution in [-0.4, -0.2) is 19.0 Å². The van der Waals surface area contributed by atoms with Crippen molar-refractivity contribution in [1.29, 1.82) is 0 Å². The highest BCUT2D eigenvalue weighted by Crippen LogP contribution is 2.19. The van der Waals surface area contributed by atoms with Gasteiger partial charge in [-0.25, -0.2) is 0 Å². The largest absolute Gasteiger partial charge is 0.326 e. The second kappa shape index (κ2) is 5.82. The molecule has 1 saturated heterocycles. The molecule has 1 aromatic carbocycles. The zero-order valence-corrected chi connectivity index (χ0v) is 12.1. The van der Waals surface area contributed by atoms with Crippen molar-refractivity contribution >= 4 is 34.2 Å². The van der Waals surface area contributed by atoms with Crippen LogP contribution in [0.15, 0.2) is 18.2 Å². The van der Waals surface area contributed by atoms with E-state index in [1.54, 1.807) is 0 Å². The Balaban J connectivity index is 2.02. The zero-order valence-electron chi connectivity index (χ0n) is 9.92. The van der Waals surface area contributed by atoms with Crippen LogP contribution >= 0.6 is 22.6 Å². The topological polar surface area (TPSA) is 41.1 Å². The van der Waals surface area contributed by atoms with E-state index in [-0.39, 0.29) is 11.8 Å². The SMILES string of the molecule is Cc1cc(I)ccc1NC(=O)[C@H]1CCCNC1. The number of hydrogen-bond acceptors (Lipinski definition) is 2. The van der Waals surface area contributed by atoms with Gasteiger partial charge < -0.3 is 10.6 Å². The minimum Gasteiger partial charge on any atom is -0.326 e. The number of aryl methyl sites for hydroxylation is 1. The molecule has 1 aliphatic rings. The van der Waals surface area contributed by atoms with Gasteiger partial charge in [-0.2, -0.15) is 0 Å². The van der Waals surface area contributed by atoms with Gasteiger partial charge in [-0.05, 0) is 72.7 Å². The lowest BCUT2D eigenvalue weighted by atomic mass is 9.98. The van der Waals surface area contributed by atoms with Crippen molar-refractivity contribution in [2.75, 3.05) is 18.4 Å². The molecule has 1 aliphatic heterocycles. The van der Waals surface area contributed by atoms with Crippen molar-refractivity contribution in [3.63, 3.8) is 0 Å². The zero-order chi connectivity index (χ0) is 12.3. The molecule has 0 spiro atoms. The molecule has 2 N–H and O–H groups in total. The molecule has 92 valence electrons. The maximum absolute atomic E-state index is 12.1. The van der Waals surface area contributed by atoms with Gasteiger partial charge in [0.05, 0.1) is 5.92 Å². The first kappa shape index (κ1) is 12.8. The molecule has 0 unspecified atom stereocenters. The van der Waals surface area contributed by atoms with Crippen LogP contribution in [0.2, 0.25) is 0 Å². The molecular formula is C13H17IN2O. The number of carbonyl (C=O) groups is 1. The number of hydrogen-bond donors (Lipinski definition) is 2. The van der Waals surface area contributed by atoms with Crippen LogP contribution in [0, 0.1) is 16.4 Å². The highest BCUT2D eigenvalue weighted by molar-refractivity contribution is 14.1. The van der Waals surface area contributed by atoms with E-state index in [0.717, 1.165) is 37.2 Å². The van der Waals surface area contributed by atoms with Crippen LogP contribution in [0.5, 0.6) is 0 Å². The van der Waals surface area contributed by atoms with E-state index in [4.69, 9.17) is 0 Å². The van der Waals surface area contributed by atoms with Gasteiger partial charge in [0.25, 0.3) is 0 Å². The Labute approximate surface area is 116 Å². The summed E-state index contributed by atoms with van der Waals surface area (Å²) < 4.78 is 1.19. The van der Waals surface area contributed by atoms with Crippen LogP contribution in [0.3, 0.4) is 0 Å². The van der Waals surface area contributed by atoms with Crippen molar-refractivity contribution in [3.05, 3.63) is 27.3 Å². The van der Waals surface area contributed by atoms with Gasteiger partial charge in [-0.15, -0.1) is 0 Å². The lowest BCUT2D eigenvalue weighted by Gasteiger charge is -2.22. The summed E-state index contributed by atoms with van der Waals surface area (Å²) in [6.45, 7) is 3.86. The third kappa shape index (κ3) is 3.42. The predicted molar refractivity (Wildman–Crippen MR) is 78.1 cm³/mol. The number of halogens is 1.